The van der Waals surface area contributed by atoms with E-state index >= 15 is 0 Å². The van der Waals surface area contributed by atoms with Crippen molar-refractivity contribution in [3.05, 3.63) is 70.6 Å². The van der Waals surface area contributed by atoms with Crippen LogP contribution in [0, 0.1) is 12.8 Å². The third kappa shape index (κ3) is 5.07. The Hall–Kier alpha value is -3.23. The maximum Gasteiger partial charge on any atom is 0.201 e. The van der Waals surface area contributed by atoms with Crippen LogP contribution in [0.15, 0.2) is 64.9 Å². The Bertz CT molecular complexity index is 1170. The number of nitrogens with one attached hydrogen (secondary N) is 3. The van der Waals surface area contributed by atoms with Gasteiger partial charge in [-0.2, -0.15) is 0 Å². The van der Waals surface area contributed by atoms with Crippen LogP contribution >= 0.6 is 11.3 Å². The molecule has 1 saturated carbocycles. The van der Waals surface area contributed by atoms with Crippen LogP contribution in [0.1, 0.15) is 30.0 Å². The number of pyridine rings is 1. The van der Waals surface area contributed by atoms with E-state index in [1.54, 1.807) is 17.5 Å². The quantitative estimate of drug-likeness (QED) is 0.444. The van der Waals surface area contributed by atoms with Crippen LogP contribution < -0.4 is 16.0 Å². The topological polar surface area (TPSA) is 94.5 Å². The van der Waals surface area contributed by atoms with Gasteiger partial charge >= 0.3 is 0 Å². The minimum atomic E-state index is 0.250. The average Bonchev–Trinajstić information content (AvgIpc) is 3.50. The highest BCUT2D eigenvalue weighted by Gasteiger charge is 2.27. The van der Waals surface area contributed by atoms with Crippen molar-refractivity contribution in [2.45, 2.75) is 32.2 Å². The molecule has 2 unspecified atom stereocenters. The number of anilines is 1. The highest BCUT2D eigenvalue weighted by atomic mass is 32.1. The largest absolute Gasteiger partial charge is 0.396 e. The van der Waals surface area contributed by atoms with Crippen molar-refractivity contribution in [1.82, 2.24) is 20.6 Å². The summed E-state index contributed by atoms with van der Waals surface area (Å²) in [5.41, 5.74) is 5.04. The van der Waals surface area contributed by atoms with E-state index < -0.39 is 0 Å². The number of aliphatic hydroxyl groups excluding tert-OH is 1. The molecule has 2 aromatic heterocycles. The molecule has 0 spiro atoms. The van der Waals surface area contributed by atoms with E-state index in [-0.39, 0.29) is 6.61 Å². The summed E-state index contributed by atoms with van der Waals surface area (Å²) in [5, 5.41) is 23.2. The second-order valence-corrected chi connectivity index (χ2v) is 9.42. The molecule has 0 bridgehead atoms. The van der Waals surface area contributed by atoms with Gasteiger partial charge in [0.25, 0.3) is 0 Å². The second-order valence-electron chi connectivity index (χ2n) is 8.56. The van der Waals surface area contributed by atoms with E-state index in [1.165, 1.54) is 0 Å². The molecule has 3 heterocycles. The van der Waals surface area contributed by atoms with Crippen LogP contribution in [-0.4, -0.2) is 40.2 Å². The lowest BCUT2D eigenvalue weighted by molar-refractivity contribution is 0.228. The number of thiazole rings is 1. The van der Waals surface area contributed by atoms with Gasteiger partial charge in [-0.25, -0.2) is 9.98 Å². The number of hydrogen-bond donors (Lipinski definition) is 4. The van der Waals surface area contributed by atoms with E-state index in [4.69, 9.17) is 9.98 Å². The van der Waals surface area contributed by atoms with Gasteiger partial charge in [0.15, 0.2) is 0 Å². The minimum Gasteiger partial charge on any atom is -0.396 e. The van der Waals surface area contributed by atoms with Gasteiger partial charge in [-0.1, -0.05) is 30.3 Å². The Kier molecular flexibility index (Phi) is 6.37. The molecular weight excluding hydrogens is 432 g/mol. The Morgan fingerprint density at radius 3 is 2.85 bits per heavy atom. The first-order chi connectivity index (χ1) is 16.2. The Morgan fingerprint density at radius 1 is 1.18 bits per heavy atom. The van der Waals surface area contributed by atoms with Gasteiger partial charge in [0, 0.05) is 46.7 Å². The van der Waals surface area contributed by atoms with Gasteiger partial charge in [-0.3, -0.25) is 4.98 Å². The molecule has 1 fully saturated rings. The standard InChI is InChI=1S/C25H28N6OS/c1-16-11-20(9-10-26-16)29-25-27-13-21(23(31-25)28-19-8-7-17(12-19)14-32)24-30-22(15-33-24)18-5-3-2-4-6-18/h2-6,9-11,15,17,19,28,32H,7-8,12-14H2,1H3,(H2,26,27,29,31). The SMILES string of the molecule is Cc1cc(NC2=NCC(c3nc(-c4ccccc4)cs3)=C(NC3CCC(CO)C3)N2)ccn1. The van der Waals surface area contributed by atoms with Crippen molar-refractivity contribution in [3.63, 3.8) is 0 Å². The number of nitrogens with zero attached hydrogens (tertiary/aromatic N) is 3. The number of rotatable bonds is 6. The molecule has 1 aliphatic carbocycles. The molecule has 0 saturated heterocycles. The second kappa shape index (κ2) is 9.72. The van der Waals surface area contributed by atoms with E-state index in [9.17, 15) is 5.11 Å². The molecule has 7 nitrogen and oxygen atoms in total. The third-order valence-electron chi connectivity index (χ3n) is 6.08. The van der Waals surface area contributed by atoms with Crippen molar-refractivity contribution < 1.29 is 5.11 Å². The number of aryl methyl sites for hydroxylation is 1. The Morgan fingerprint density at radius 2 is 2.06 bits per heavy atom. The summed E-state index contributed by atoms with van der Waals surface area (Å²) in [6, 6.07) is 14.5. The molecule has 1 aromatic carbocycles. The zero-order chi connectivity index (χ0) is 22.6. The number of guanidine groups is 1. The van der Waals surface area contributed by atoms with Crippen LogP contribution in [0.4, 0.5) is 5.69 Å². The number of hydrogen-bond acceptors (Lipinski definition) is 8. The van der Waals surface area contributed by atoms with Gasteiger partial charge in [0.2, 0.25) is 5.96 Å². The molecule has 1 aliphatic heterocycles. The highest BCUT2D eigenvalue weighted by Crippen LogP contribution is 2.30. The fraction of sp³-hybridized carbons (Fsp3) is 0.320. The summed E-state index contributed by atoms with van der Waals surface area (Å²) in [6.07, 6.45) is 4.84. The maximum atomic E-state index is 9.56. The first kappa shape index (κ1) is 21.6. The van der Waals surface area contributed by atoms with Crippen molar-refractivity contribution in [2.75, 3.05) is 18.5 Å². The minimum absolute atomic E-state index is 0.250. The molecule has 8 heteroatoms. The molecule has 0 amide bonds. The van der Waals surface area contributed by atoms with Crippen molar-refractivity contribution >= 4 is 28.6 Å². The third-order valence-corrected chi connectivity index (χ3v) is 6.98. The summed E-state index contributed by atoms with van der Waals surface area (Å²) in [6.45, 7) is 2.75. The molecule has 4 N–H and O–H groups in total. The highest BCUT2D eigenvalue weighted by molar-refractivity contribution is 7.11. The predicted molar refractivity (Wildman–Crippen MR) is 134 cm³/mol. The van der Waals surface area contributed by atoms with Crippen molar-refractivity contribution in [3.8, 4) is 11.3 Å². The molecule has 33 heavy (non-hydrogen) atoms. The summed E-state index contributed by atoms with van der Waals surface area (Å²) < 4.78 is 0. The first-order valence-electron chi connectivity index (χ1n) is 11.3. The summed E-state index contributed by atoms with van der Waals surface area (Å²) >= 11 is 1.64. The van der Waals surface area contributed by atoms with Gasteiger partial charge < -0.3 is 21.1 Å². The molecule has 170 valence electrons. The van der Waals surface area contributed by atoms with E-state index in [1.807, 2.05) is 37.3 Å². The van der Waals surface area contributed by atoms with Gasteiger partial charge in [-0.05, 0) is 44.2 Å². The molecule has 2 atom stereocenters. The summed E-state index contributed by atoms with van der Waals surface area (Å²) in [5.74, 6) is 2.00. The molecular formula is C25H28N6OS. The van der Waals surface area contributed by atoms with Gasteiger partial charge in [0.1, 0.15) is 10.8 Å². The summed E-state index contributed by atoms with van der Waals surface area (Å²) in [4.78, 5) is 13.9. The van der Waals surface area contributed by atoms with Crippen molar-refractivity contribution in [2.24, 2.45) is 10.9 Å². The summed E-state index contributed by atoms with van der Waals surface area (Å²) in [7, 11) is 0. The number of benzene rings is 1. The lowest BCUT2D eigenvalue weighted by Gasteiger charge is -2.26. The lowest BCUT2D eigenvalue weighted by atomic mass is 10.1. The van der Waals surface area contributed by atoms with Gasteiger partial charge in [0.05, 0.1) is 12.2 Å². The monoisotopic (exact) mass is 460 g/mol. The number of aliphatic imine (C=N–C) groups is 1. The van der Waals surface area contributed by atoms with Gasteiger partial charge in [-0.15, -0.1) is 11.3 Å². The molecule has 0 radical (unpaired) electrons. The van der Waals surface area contributed by atoms with E-state index in [0.717, 1.165) is 58.3 Å². The number of aromatic nitrogens is 2. The van der Waals surface area contributed by atoms with Crippen LogP contribution in [0.3, 0.4) is 0 Å². The number of aliphatic hydroxyl groups is 1. The molecule has 5 rings (SSSR count). The van der Waals surface area contributed by atoms with E-state index in [2.05, 4.69) is 38.4 Å². The van der Waals surface area contributed by atoms with Crippen molar-refractivity contribution in [1.29, 1.82) is 0 Å². The Labute approximate surface area is 197 Å². The maximum absolute atomic E-state index is 9.56. The Balaban J connectivity index is 1.40. The predicted octanol–water partition coefficient (Wildman–Crippen LogP) is 4.00. The van der Waals surface area contributed by atoms with Crippen LogP contribution in [0.5, 0.6) is 0 Å². The van der Waals surface area contributed by atoms with Crippen LogP contribution in [0.2, 0.25) is 0 Å². The van der Waals surface area contributed by atoms with Crippen LogP contribution in [0.25, 0.3) is 16.8 Å². The molecule has 2 aliphatic rings. The lowest BCUT2D eigenvalue weighted by Crippen LogP contribution is -2.42. The average molecular weight is 461 g/mol. The van der Waals surface area contributed by atoms with E-state index in [0.29, 0.717) is 24.5 Å². The molecule has 3 aromatic rings. The fourth-order valence-electron chi connectivity index (χ4n) is 4.33. The zero-order valence-electron chi connectivity index (χ0n) is 18.6. The van der Waals surface area contributed by atoms with Crippen LogP contribution in [-0.2, 0) is 0 Å². The fourth-order valence-corrected chi connectivity index (χ4v) is 5.20. The normalized spacial score (nSPS) is 20.4. The first-order valence-corrected chi connectivity index (χ1v) is 12.2. The zero-order valence-corrected chi connectivity index (χ0v) is 19.4. The smallest absolute Gasteiger partial charge is 0.201 e.